The molecule has 1 aromatic carbocycles. The summed E-state index contributed by atoms with van der Waals surface area (Å²) in [6.07, 6.45) is 1.74. The van der Waals surface area contributed by atoms with Crippen LogP contribution >= 0.6 is 0 Å². The van der Waals surface area contributed by atoms with Crippen LogP contribution in [0.4, 0.5) is 17.2 Å². The van der Waals surface area contributed by atoms with E-state index in [0.717, 1.165) is 11.3 Å². The number of carbonyl (C=O) groups excluding carboxylic acids is 1. The second kappa shape index (κ2) is 4.87. The van der Waals surface area contributed by atoms with Crippen LogP contribution in [-0.2, 0) is 0 Å². The predicted molar refractivity (Wildman–Crippen MR) is 73.1 cm³/mol. The molecule has 0 amide bonds. The monoisotopic (exact) mass is 241 g/mol. The van der Waals surface area contributed by atoms with Crippen molar-refractivity contribution in [1.29, 1.82) is 0 Å². The van der Waals surface area contributed by atoms with Gasteiger partial charge in [-0.25, -0.2) is 4.98 Å². The van der Waals surface area contributed by atoms with E-state index < -0.39 is 0 Å². The average molecular weight is 241 g/mol. The highest BCUT2D eigenvalue weighted by molar-refractivity contribution is 5.95. The Morgan fingerprint density at radius 1 is 1.33 bits per heavy atom. The maximum atomic E-state index is 11.3. The zero-order valence-corrected chi connectivity index (χ0v) is 10.4. The highest BCUT2D eigenvalue weighted by Gasteiger charge is 2.04. The van der Waals surface area contributed by atoms with Crippen molar-refractivity contribution in [3.8, 4) is 0 Å². The van der Waals surface area contributed by atoms with Gasteiger partial charge in [-0.15, -0.1) is 0 Å². The van der Waals surface area contributed by atoms with Crippen molar-refractivity contribution in [2.45, 2.75) is 13.8 Å². The van der Waals surface area contributed by atoms with Gasteiger partial charge in [-0.3, -0.25) is 4.79 Å². The summed E-state index contributed by atoms with van der Waals surface area (Å²) in [6, 6.07) is 9.10. The average Bonchev–Trinajstić information content (AvgIpc) is 2.33. The first kappa shape index (κ1) is 12.1. The third-order valence-electron chi connectivity index (χ3n) is 2.59. The topological polar surface area (TPSA) is 68.0 Å². The zero-order valence-electron chi connectivity index (χ0n) is 10.4. The molecule has 92 valence electrons. The van der Waals surface area contributed by atoms with Crippen molar-refractivity contribution >= 4 is 23.0 Å². The van der Waals surface area contributed by atoms with Gasteiger partial charge in [0.15, 0.2) is 11.6 Å². The number of benzene rings is 1. The summed E-state index contributed by atoms with van der Waals surface area (Å²) in [6.45, 7) is 3.47. The van der Waals surface area contributed by atoms with Crippen LogP contribution in [0.3, 0.4) is 0 Å². The lowest BCUT2D eigenvalue weighted by Gasteiger charge is -2.09. The molecule has 4 nitrogen and oxygen atoms in total. The number of pyridine rings is 1. The molecule has 0 aliphatic carbocycles. The van der Waals surface area contributed by atoms with Gasteiger partial charge in [0.2, 0.25) is 0 Å². The second-order valence-electron chi connectivity index (χ2n) is 4.21. The van der Waals surface area contributed by atoms with Gasteiger partial charge in [0.25, 0.3) is 0 Å². The van der Waals surface area contributed by atoms with Crippen molar-refractivity contribution < 1.29 is 4.79 Å². The predicted octanol–water partition coefficient (Wildman–Crippen LogP) is 2.92. The van der Waals surface area contributed by atoms with E-state index in [1.54, 1.807) is 18.3 Å². The normalized spacial score (nSPS) is 10.1. The number of hydrogen-bond acceptors (Lipinski definition) is 4. The van der Waals surface area contributed by atoms with Crippen LogP contribution in [0, 0.1) is 6.92 Å². The number of hydrogen-bond donors (Lipinski definition) is 2. The lowest BCUT2D eigenvalue weighted by atomic mass is 10.1. The summed E-state index contributed by atoms with van der Waals surface area (Å²) in [4.78, 5) is 15.5. The Hall–Kier alpha value is -2.36. The number of carbonyl (C=O) groups is 1. The first-order chi connectivity index (χ1) is 8.56. The molecule has 2 rings (SSSR count). The minimum absolute atomic E-state index is 0.0310. The van der Waals surface area contributed by atoms with E-state index in [9.17, 15) is 4.79 Å². The molecular formula is C14H15N3O. The smallest absolute Gasteiger partial charge is 0.159 e. The fourth-order valence-corrected chi connectivity index (χ4v) is 1.65. The molecule has 0 unspecified atom stereocenters. The van der Waals surface area contributed by atoms with Crippen molar-refractivity contribution in [3.05, 3.63) is 47.7 Å². The quantitative estimate of drug-likeness (QED) is 0.811. The van der Waals surface area contributed by atoms with Crippen LogP contribution in [0.25, 0.3) is 0 Å². The van der Waals surface area contributed by atoms with Gasteiger partial charge in [0, 0.05) is 17.4 Å². The van der Waals surface area contributed by atoms with E-state index in [2.05, 4.69) is 10.3 Å². The standard InChI is InChI=1S/C14H15N3O/c1-9-6-13(15)14(16-8-9)17-12-5-3-4-11(7-12)10(2)18/h3-8H,15H2,1-2H3,(H,16,17). The number of nitrogen functional groups attached to an aromatic ring is 1. The molecule has 0 aliphatic heterocycles. The molecule has 0 aliphatic rings. The fourth-order valence-electron chi connectivity index (χ4n) is 1.65. The van der Waals surface area contributed by atoms with Crippen molar-refractivity contribution in [3.63, 3.8) is 0 Å². The summed E-state index contributed by atoms with van der Waals surface area (Å²) >= 11 is 0. The molecule has 4 heteroatoms. The van der Waals surface area contributed by atoms with E-state index in [1.807, 2.05) is 25.1 Å². The van der Waals surface area contributed by atoms with E-state index in [1.165, 1.54) is 6.92 Å². The molecule has 0 atom stereocenters. The summed E-state index contributed by atoms with van der Waals surface area (Å²) < 4.78 is 0. The van der Waals surface area contributed by atoms with Gasteiger partial charge >= 0.3 is 0 Å². The zero-order chi connectivity index (χ0) is 13.1. The van der Waals surface area contributed by atoms with Crippen molar-refractivity contribution in [2.75, 3.05) is 11.1 Å². The van der Waals surface area contributed by atoms with Crippen LogP contribution in [0.5, 0.6) is 0 Å². The number of nitrogens with two attached hydrogens (primary N) is 1. The molecule has 1 heterocycles. The first-order valence-corrected chi connectivity index (χ1v) is 5.66. The molecular weight excluding hydrogens is 226 g/mol. The van der Waals surface area contributed by atoms with Crippen LogP contribution in [0.1, 0.15) is 22.8 Å². The molecule has 1 aromatic heterocycles. The first-order valence-electron chi connectivity index (χ1n) is 5.66. The molecule has 2 aromatic rings. The van der Waals surface area contributed by atoms with Gasteiger partial charge < -0.3 is 11.1 Å². The number of Topliss-reactive ketones (excluding diaryl/α,β-unsaturated/α-hetero) is 1. The number of anilines is 3. The molecule has 0 spiro atoms. The minimum Gasteiger partial charge on any atom is -0.396 e. The highest BCUT2D eigenvalue weighted by Crippen LogP contribution is 2.21. The number of ketones is 1. The Morgan fingerprint density at radius 3 is 2.78 bits per heavy atom. The van der Waals surface area contributed by atoms with Crippen molar-refractivity contribution in [2.24, 2.45) is 0 Å². The third kappa shape index (κ3) is 2.66. The van der Waals surface area contributed by atoms with Crippen LogP contribution < -0.4 is 11.1 Å². The van der Waals surface area contributed by atoms with Crippen LogP contribution in [-0.4, -0.2) is 10.8 Å². The molecule has 0 saturated carbocycles. The van der Waals surface area contributed by atoms with Crippen molar-refractivity contribution in [1.82, 2.24) is 4.98 Å². The highest BCUT2D eigenvalue weighted by atomic mass is 16.1. The molecule has 0 bridgehead atoms. The van der Waals surface area contributed by atoms with Gasteiger partial charge in [-0.1, -0.05) is 12.1 Å². The van der Waals surface area contributed by atoms with Gasteiger partial charge in [0.05, 0.1) is 5.69 Å². The van der Waals surface area contributed by atoms with E-state index in [-0.39, 0.29) is 5.78 Å². The lowest BCUT2D eigenvalue weighted by Crippen LogP contribution is -2.00. The second-order valence-corrected chi connectivity index (χ2v) is 4.21. The summed E-state index contributed by atoms with van der Waals surface area (Å²) in [5.41, 5.74) is 8.93. The maximum absolute atomic E-state index is 11.3. The molecule has 0 radical (unpaired) electrons. The molecule has 0 saturated heterocycles. The SMILES string of the molecule is CC(=O)c1cccc(Nc2ncc(C)cc2N)c1. The Balaban J connectivity index is 2.28. The Labute approximate surface area is 106 Å². The van der Waals surface area contributed by atoms with Crippen LogP contribution in [0.15, 0.2) is 36.5 Å². The Morgan fingerprint density at radius 2 is 2.11 bits per heavy atom. The largest absolute Gasteiger partial charge is 0.396 e. The third-order valence-corrected chi connectivity index (χ3v) is 2.59. The molecule has 0 fully saturated rings. The molecule has 18 heavy (non-hydrogen) atoms. The lowest BCUT2D eigenvalue weighted by molar-refractivity contribution is 0.101. The Kier molecular flexibility index (Phi) is 3.28. The van der Waals surface area contributed by atoms with E-state index >= 15 is 0 Å². The van der Waals surface area contributed by atoms with E-state index in [0.29, 0.717) is 17.1 Å². The molecule has 3 N–H and O–H groups in total. The van der Waals surface area contributed by atoms with Gasteiger partial charge in [0.1, 0.15) is 0 Å². The summed E-state index contributed by atoms with van der Waals surface area (Å²) in [5.74, 6) is 0.629. The number of rotatable bonds is 3. The van der Waals surface area contributed by atoms with Gasteiger partial charge in [-0.05, 0) is 37.6 Å². The number of aromatic nitrogens is 1. The summed E-state index contributed by atoms with van der Waals surface area (Å²) in [5, 5.41) is 3.11. The van der Waals surface area contributed by atoms with E-state index in [4.69, 9.17) is 5.73 Å². The Bertz CT molecular complexity index is 593. The maximum Gasteiger partial charge on any atom is 0.159 e. The number of nitrogens with one attached hydrogen (secondary N) is 1. The van der Waals surface area contributed by atoms with Gasteiger partial charge in [-0.2, -0.15) is 0 Å². The summed E-state index contributed by atoms with van der Waals surface area (Å²) in [7, 11) is 0. The number of aryl methyl sites for hydroxylation is 1. The van der Waals surface area contributed by atoms with Crippen LogP contribution in [0.2, 0.25) is 0 Å². The fraction of sp³-hybridized carbons (Fsp3) is 0.143. The number of nitrogens with zero attached hydrogens (tertiary/aromatic N) is 1. The minimum atomic E-state index is 0.0310.